The van der Waals surface area contributed by atoms with Crippen molar-refractivity contribution in [3.63, 3.8) is 0 Å². The van der Waals surface area contributed by atoms with Crippen molar-refractivity contribution in [3.8, 4) is 0 Å². The zero-order valence-electron chi connectivity index (χ0n) is 5.76. The summed E-state index contributed by atoms with van der Waals surface area (Å²) in [5, 5.41) is 8.18. The van der Waals surface area contributed by atoms with Crippen LogP contribution in [-0.2, 0) is 32.7 Å². The summed E-state index contributed by atoms with van der Waals surface area (Å²) in [5.41, 5.74) is 0. The molecule has 1 unspecified atom stereocenters. The van der Waals surface area contributed by atoms with Crippen molar-refractivity contribution < 1.29 is 89.2 Å². The Kier molecular flexibility index (Phi) is 45.9. The van der Waals surface area contributed by atoms with E-state index >= 15 is 0 Å². The van der Waals surface area contributed by atoms with Crippen LogP contribution < -0.4 is 51.4 Å². The third-order valence-electron chi connectivity index (χ3n) is 0.279. The van der Waals surface area contributed by atoms with E-state index in [0.717, 1.165) is 0 Å². The minimum atomic E-state index is -0.463. The molecular formula is C5H10KOY-. The predicted molar refractivity (Wildman–Crippen MR) is 26.7 cm³/mol. The zero-order valence-corrected chi connectivity index (χ0v) is 11.7. The molecule has 0 amide bonds. The van der Waals surface area contributed by atoms with Gasteiger partial charge >= 0.3 is 51.4 Å². The molecule has 0 aliphatic carbocycles. The molecule has 3 heteroatoms. The van der Waals surface area contributed by atoms with Crippen molar-refractivity contribution in [3.05, 3.63) is 20.8 Å². The first-order chi connectivity index (χ1) is 2.27. The molecule has 0 spiro atoms. The van der Waals surface area contributed by atoms with Gasteiger partial charge in [0.05, 0.1) is 0 Å². The summed E-state index contributed by atoms with van der Waals surface area (Å²) in [6, 6.07) is 0. The van der Waals surface area contributed by atoms with Gasteiger partial charge in [0.15, 0.2) is 0 Å². The molecule has 0 saturated carbocycles. The van der Waals surface area contributed by atoms with Gasteiger partial charge in [0, 0.05) is 32.7 Å². The summed E-state index contributed by atoms with van der Waals surface area (Å²) >= 11 is 0. The molecule has 0 aliphatic heterocycles. The Labute approximate surface area is 120 Å². The first-order valence-corrected chi connectivity index (χ1v) is 1.50. The quantitative estimate of drug-likeness (QED) is 0.385. The van der Waals surface area contributed by atoms with E-state index in [1.807, 2.05) is 0 Å². The molecule has 0 aromatic heterocycles. The topological polar surface area (TPSA) is 20.2 Å². The maximum Gasteiger partial charge on any atom is 1.00 e. The third-order valence-corrected chi connectivity index (χ3v) is 0.279. The van der Waals surface area contributed by atoms with E-state index < -0.39 is 6.10 Å². The fourth-order valence-corrected chi connectivity index (χ4v) is 0. The Morgan fingerprint density at radius 3 is 1.75 bits per heavy atom. The van der Waals surface area contributed by atoms with E-state index in [-0.39, 0.29) is 91.5 Å². The summed E-state index contributed by atoms with van der Waals surface area (Å²) in [6.45, 7) is 6.39. The molecule has 0 aromatic rings. The van der Waals surface area contributed by atoms with E-state index in [1.165, 1.54) is 6.42 Å². The van der Waals surface area contributed by atoms with Crippen LogP contribution in [0, 0.1) is 20.8 Å². The molecule has 1 atom stereocenters. The van der Waals surface area contributed by atoms with Crippen LogP contribution in [-0.4, -0.2) is 11.2 Å². The maximum atomic E-state index is 8.18. The van der Waals surface area contributed by atoms with Crippen LogP contribution in [0.2, 0.25) is 0 Å². The Balaban J connectivity index is -0.0000000267. The number of rotatable bonds is 1. The van der Waals surface area contributed by atoms with Crippen LogP contribution in [0.1, 0.15) is 6.92 Å². The first kappa shape index (κ1) is 22.4. The van der Waals surface area contributed by atoms with Gasteiger partial charge < -0.3 is 19.0 Å². The number of hydrogen-bond acceptors (Lipinski definition) is 1. The number of aliphatic hydroxyl groups is 1. The maximum absolute atomic E-state index is 8.18. The Morgan fingerprint density at radius 2 is 1.75 bits per heavy atom. The summed E-state index contributed by atoms with van der Waals surface area (Å²) in [7, 11) is 0. The van der Waals surface area contributed by atoms with E-state index in [4.69, 9.17) is 12.0 Å². The Morgan fingerprint density at radius 1 is 1.62 bits per heavy atom. The van der Waals surface area contributed by atoms with Crippen LogP contribution in [0.3, 0.4) is 0 Å². The Hall–Kier alpha value is 2.70. The van der Waals surface area contributed by atoms with Gasteiger partial charge in [-0.2, -0.15) is 0 Å². The van der Waals surface area contributed by atoms with E-state index in [2.05, 4.69) is 0 Å². The summed E-state index contributed by atoms with van der Waals surface area (Å²) < 4.78 is 0. The van der Waals surface area contributed by atoms with E-state index in [1.54, 1.807) is 6.92 Å². The second kappa shape index (κ2) is 16.4. The molecule has 0 aliphatic rings. The normalized spacial score (nSPS) is 9.38. The van der Waals surface area contributed by atoms with Gasteiger partial charge in [-0.1, -0.05) is 13.0 Å². The standard InChI is InChI=1S/C4H7O.CH3.K.Y/c1-3-4(2)5;;;/h1,3-5H,2H3;1H3;;/q2*-1;+1;. The first-order valence-electron chi connectivity index (χ1n) is 1.50. The third kappa shape index (κ3) is 23.4. The minimum Gasteiger partial charge on any atom is -0.425 e. The van der Waals surface area contributed by atoms with Gasteiger partial charge in [-0.3, -0.25) is 0 Å². The van der Waals surface area contributed by atoms with Crippen molar-refractivity contribution in [2.75, 3.05) is 0 Å². The molecule has 8 heavy (non-hydrogen) atoms. The minimum absolute atomic E-state index is 0. The fraction of sp³-hybridized carbons (Fsp3) is 0.400. The molecule has 3 radical (unpaired) electrons. The van der Waals surface area contributed by atoms with Crippen LogP contribution in [0.4, 0.5) is 0 Å². The average Bonchev–Trinajstić information content (AvgIpc) is 1.38. The van der Waals surface area contributed by atoms with Crippen LogP contribution in [0.25, 0.3) is 0 Å². The Bertz CT molecular complexity index is 26.4. The SMILES string of the molecule is [CH3-].[CH][CH-]C(C)O.[K+].[Y]. The summed E-state index contributed by atoms with van der Waals surface area (Å²) in [4.78, 5) is 0. The molecule has 1 nitrogen and oxygen atoms in total. The van der Waals surface area contributed by atoms with Gasteiger partial charge in [0.1, 0.15) is 0 Å². The van der Waals surface area contributed by atoms with E-state index in [0.29, 0.717) is 0 Å². The van der Waals surface area contributed by atoms with Crippen molar-refractivity contribution in [2.24, 2.45) is 0 Å². The van der Waals surface area contributed by atoms with Gasteiger partial charge in [0.25, 0.3) is 0 Å². The molecule has 0 rings (SSSR count). The van der Waals surface area contributed by atoms with Crippen molar-refractivity contribution >= 4 is 0 Å². The number of hydrogen-bond donors (Lipinski definition) is 1. The molecule has 0 aromatic carbocycles. The predicted octanol–water partition coefficient (Wildman–Crippen LogP) is -2.27. The molecule has 0 fully saturated rings. The van der Waals surface area contributed by atoms with Crippen molar-refractivity contribution in [1.82, 2.24) is 0 Å². The average molecular weight is 214 g/mol. The van der Waals surface area contributed by atoms with Crippen LogP contribution in [0.5, 0.6) is 0 Å². The fourth-order valence-electron chi connectivity index (χ4n) is 0. The zero-order chi connectivity index (χ0) is 4.28. The second-order valence-electron chi connectivity index (χ2n) is 0.933. The molecule has 41 valence electrons. The largest absolute Gasteiger partial charge is 1.00 e. The van der Waals surface area contributed by atoms with Gasteiger partial charge in [-0.15, -0.1) is 0 Å². The summed E-state index contributed by atoms with van der Waals surface area (Å²) in [5.74, 6) is 0. The molecule has 0 bridgehead atoms. The van der Waals surface area contributed by atoms with Crippen molar-refractivity contribution in [2.45, 2.75) is 13.0 Å². The van der Waals surface area contributed by atoms with E-state index in [9.17, 15) is 0 Å². The van der Waals surface area contributed by atoms with Crippen LogP contribution in [0.15, 0.2) is 0 Å². The van der Waals surface area contributed by atoms with Crippen molar-refractivity contribution in [1.29, 1.82) is 0 Å². The van der Waals surface area contributed by atoms with Gasteiger partial charge in [0.2, 0.25) is 0 Å². The summed E-state index contributed by atoms with van der Waals surface area (Å²) in [6.07, 6.45) is 0.759. The molecule has 0 saturated heterocycles. The van der Waals surface area contributed by atoms with Gasteiger partial charge in [-0.25, -0.2) is 6.92 Å². The second-order valence-corrected chi connectivity index (χ2v) is 0.933. The van der Waals surface area contributed by atoms with Crippen LogP contribution >= 0.6 is 0 Å². The molecule has 0 heterocycles. The monoisotopic (exact) mass is 214 g/mol. The number of aliphatic hydroxyl groups excluding tert-OH is 1. The molecule has 1 N–H and O–H groups in total. The smallest absolute Gasteiger partial charge is 0.425 e. The van der Waals surface area contributed by atoms with Gasteiger partial charge in [-0.05, 0) is 0 Å². The molecular weight excluding hydrogens is 204 g/mol.